The van der Waals surface area contributed by atoms with Crippen LogP contribution < -0.4 is 9.64 Å². The van der Waals surface area contributed by atoms with Crippen LogP contribution >= 0.6 is 0 Å². The molecule has 1 amide bonds. The number of benzene rings is 1. The molecule has 1 aromatic carbocycles. The summed E-state index contributed by atoms with van der Waals surface area (Å²) in [7, 11) is 1.30. The van der Waals surface area contributed by atoms with Gasteiger partial charge in [0, 0.05) is 6.92 Å². The van der Waals surface area contributed by atoms with E-state index in [2.05, 4.69) is 4.74 Å². The van der Waals surface area contributed by atoms with Crippen LogP contribution in [0.2, 0.25) is 0 Å². The lowest BCUT2D eigenvalue weighted by Gasteiger charge is -2.32. The summed E-state index contributed by atoms with van der Waals surface area (Å²) in [5.74, 6) is -0.0928. The van der Waals surface area contributed by atoms with Crippen LogP contribution in [0.25, 0.3) is 0 Å². The number of methoxy groups -OCH3 is 1. The van der Waals surface area contributed by atoms with Crippen LogP contribution in [0.1, 0.15) is 6.92 Å². The maximum Gasteiger partial charge on any atom is 0.348 e. The van der Waals surface area contributed by atoms with Crippen molar-refractivity contribution in [2.75, 3.05) is 18.6 Å². The normalized spacial score (nSPS) is 18.0. The highest BCUT2D eigenvalue weighted by molar-refractivity contribution is 5.95. The van der Waals surface area contributed by atoms with Gasteiger partial charge in [-0.3, -0.25) is 4.79 Å². The number of fused-ring (bicyclic) bond motifs is 1. The standard InChI is InChI=1S/C12H13NO4/c1-8(14)13-7-11(12(15)16-2)17-10-6-4-3-5-9(10)13/h3-6,11H,7H2,1-2H3. The number of carbonyl (C=O) groups excluding carboxylic acids is 2. The third kappa shape index (κ3) is 2.08. The summed E-state index contributed by atoms with van der Waals surface area (Å²) in [5, 5.41) is 0. The quantitative estimate of drug-likeness (QED) is 0.681. The van der Waals surface area contributed by atoms with Gasteiger partial charge in [0.1, 0.15) is 5.75 Å². The van der Waals surface area contributed by atoms with E-state index in [9.17, 15) is 9.59 Å². The summed E-state index contributed by atoms with van der Waals surface area (Å²) < 4.78 is 10.1. The SMILES string of the molecule is COC(=O)C1CN(C(C)=O)c2ccccc2O1. The van der Waals surface area contributed by atoms with Crippen LogP contribution in [0.3, 0.4) is 0 Å². The van der Waals surface area contributed by atoms with E-state index >= 15 is 0 Å². The van der Waals surface area contributed by atoms with E-state index < -0.39 is 12.1 Å². The monoisotopic (exact) mass is 235 g/mol. The van der Waals surface area contributed by atoms with Crippen molar-refractivity contribution in [1.29, 1.82) is 0 Å². The van der Waals surface area contributed by atoms with Gasteiger partial charge in [-0.05, 0) is 12.1 Å². The number of anilines is 1. The second kappa shape index (κ2) is 4.45. The van der Waals surface area contributed by atoms with Gasteiger partial charge >= 0.3 is 5.97 Å². The van der Waals surface area contributed by atoms with E-state index in [0.29, 0.717) is 11.4 Å². The van der Waals surface area contributed by atoms with Gasteiger partial charge in [-0.2, -0.15) is 0 Å². The Bertz CT molecular complexity index is 458. The summed E-state index contributed by atoms with van der Waals surface area (Å²) in [6.45, 7) is 1.63. The number of amides is 1. The first-order chi connectivity index (χ1) is 8.13. The Kier molecular flexibility index (Phi) is 2.99. The minimum Gasteiger partial charge on any atom is -0.475 e. The number of carbonyl (C=O) groups is 2. The number of nitrogens with zero attached hydrogens (tertiary/aromatic N) is 1. The molecule has 2 rings (SSSR count). The third-order valence-electron chi connectivity index (χ3n) is 2.62. The summed E-state index contributed by atoms with van der Waals surface area (Å²) in [5.41, 5.74) is 0.681. The second-order valence-corrected chi connectivity index (χ2v) is 3.73. The van der Waals surface area contributed by atoms with Gasteiger partial charge in [0.25, 0.3) is 0 Å². The Morgan fingerprint density at radius 1 is 1.41 bits per heavy atom. The van der Waals surface area contributed by atoms with Crippen molar-refractivity contribution in [3.05, 3.63) is 24.3 Å². The third-order valence-corrected chi connectivity index (χ3v) is 2.62. The predicted octanol–water partition coefficient (Wildman–Crippen LogP) is 0.973. The topological polar surface area (TPSA) is 55.8 Å². The smallest absolute Gasteiger partial charge is 0.348 e. The first-order valence-corrected chi connectivity index (χ1v) is 5.25. The van der Waals surface area contributed by atoms with Crippen LogP contribution in [-0.4, -0.2) is 31.6 Å². The molecule has 1 atom stereocenters. The average molecular weight is 235 g/mol. The summed E-state index contributed by atoms with van der Waals surface area (Å²) >= 11 is 0. The number of ether oxygens (including phenoxy) is 2. The van der Waals surface area contributed by atoms with Gasteiger partial charge in [-0.1, -0.05) is 12.1 Å². The predicted molar refractivity (Wildman–Crippen MR) is 60.9 cm³/mol. The van der Waals surface area contributed by atoms with Gasteiger partial charge < -0.3 is 14.4 Å². The van der Waals surface area contributed by atoms with Crippen molar-refractivity contribution in [3.63, 3.8) is 0 Å². The molecule has 0 spiro atoms. The molecule has 0 saturated heterocycles. The molecule has 0 aliphatic carbocycles. The fourth-order valence-electron chi connectivity index (χ4n) is 1.79. The first kappa shape index (κ1) is 11.4. The van der Waals surface area contributed by atoms with Crippen LogP contribution in [0.15, 0.2) is 24.3 Å². The molecule has 90 valence electrons. The molecular weight excluding hydrogens is 222 g/mol. The molecule has 0 bridgehead atoms. The van der Waals surface area contributed by atoms with Crippen LogP contribution in [0.5, 0.6) is 5.75 Å². The molecule has 0 fully saturated rings. The molecule has 1 unspecified atom stereocenters. The van der Waals surface area contributed by atoms with E-state index in [1.54, 1.807) is 18.2 Å². The maximum atomic E-state index is 11.5. The van der Waals surface area contributed by atoms with Crippen LogP contribution in [0.4, 0.5) is 5.69 Å². The molecule has 1 aliphatic rings. The van der Waals surface area contributed by atoms with Gasteiger partial charge in [0.15, 0.2) is 0 Å². The van der Waals surface area contributed by atoms with Gasteiger partial charge in [-0.15, -0.1) is 0 Å². The zero-order valence-corrected chi connectivity index (χ0v) is 9.67. The zero-order valence-electron chi connectivity index (χ0n) is 9.67. The summed E-state index contributed by atoms with van der Waals surface area (Å²) in [6.07, 6.45) is -0.765. The number of para-hydroxylation sites is 2. The minimum atomic E-state index is -0.765. The molecule has 0 saturated carbocycles. The lowest BCUT2D eigenvalue weighted by atomic mass is 10.2. The van der Waals surface area contributed by atoms with E-state index in [1.807, 2.05) is 6.07 Å². The Balaban J connectivity index is 2.36. The molecule has 0 N–H and O–H groups in total. The highest BCUT2D eigenvalue weighted by Gasteiger charge is 2.32. The van der Waals surface area contributed by atoms with Gasteiger partial charge in [-0.25, -0.2) is 4.79 Å². The summed E-state index contributed by atoms with van der Waals surface area (Å²) in [6, 6.07) is 7.11. The Hall–Kier alpha value is -2.04. The van der Waals surface area contributed by atoms with Crippen molar-refractivity contribution < 1.29 is 19.1 Å². The zero-order chi connectivity index (χ0) is 12.4. The first-order valence-electron chi connectivity index (χ1n) is 5.25. The minimum absolute atomic E-state index is 0.130. The van der Waals surface area contributed by atoms with E-state index in [1.165, 1.54) is 18.9 Å². The van der Waals surface area contributed by atoms with Crippen molar-refractivity contribution >= 4 is 17.6 Å². The number of esters is 1. The van der Waals surface area contributed by atoms with Crippen molar-refractivity contribution in [1.82, 2.24) is 0 Å². The lowest BCUT2D eigenvalue weighted by Crippen LogP contribution is -2.46. The fraction of sp³-hybridized carbons (Fsp3) is 0.333. The molecule has 1 aliphatic heterocycles. The van der Waals surface area contributed by atoms with E-state index in [0.717, 1.165) is 0 Å². The van der Waals surface area contributed by atoms with Crippen molar-refractivity contribution in [2.45, 2.75) is 13.0 Å². The van der Waals surface area contributed by atoms with E-state index in [-0.39, 0.29) is 12.5 Å². The Morgan fingerprint density at radius 3 is 2.76 bits per heavy atom. The Morgan fingerprint density at radius 2 is 2.12 bits per heavy atom. The van der Waals surface area contributed by atoms with E-state index in [4.69, 9.17) is 4.74 Å². The maximum absolute atomic E-state index is 11.5. The van der Waals surface area contributed by atoms with Gasteiger partial charge in [0.2, 0.25) is 12.0 Å². The average Bonchev–Trinajstić information content (AvgIpc) is 2.36. The highest BCUT2D eigenvalue weighted by Crippen LogP contribution is 2.33. The molecule has 1 heterocycles. The summed E-state index contributed by atoms with van der Waals surface area (Å²) in [4.78, 5) is 24.5. The Labute approximate surface area is 98.9 Å². The molecular formula is C12H13NO4. The number of hydrogen-bond donors (Lipinski definition) is 0. The largest absolute Gasteiger partial charge is 0.475 e. The lowest BCUT2D eigenvalue weighted by molar-refractivity contribution is -0.148. The second-order valence-electron chi connectivity index (χ2n) is 3.73. The van der Waals surface area contributed by atoms with Crippen molar-refractivity contribution in [2.24, 2.45) is 0 Å². The fourth-order valence-corrected chi connectivity index (χ4v) is 1.79. The van der Waals surface area contributed by atoms with Gasteiger partial charge in [0.05, 0.1) is 19.3 Å². The molecule has 5 nitrogen and oxygen atoms in total. The highest BCUT2D eigenvalue weighted by atomic mass is 16.6. The number of rotatable bonds is 1. The van der Waals surface area contributed by atoms with Crippen LogP contribution in [0, 0.1) is 0 Å². The van der Waals surface area contributed by atoms with Crippen LogP contribution in [-0.2, 0) is 14.3 Å². The molecule has 0 radical (unpaired) electrons. The molecule has 17 heavy (non-hydrogen) atoms. The molecule has 1 aromatic rings. The number of hydrogen-bond acceptors (Lipinski definition) is 4. The van der Waals surface area contributed by atoms with Crippen molar-refractivity contribution in [3.8, 4) is 5.75 Å². The molecule has 0 aromatic heterocycles. The molecule has 5 heteroatoms.